The van der Waals surface area contributed by atoms with Gasteiger partial charge in [0, 0.05) is 6.54 Å². The lowest BCUT2D eigenvalue weighted by Gasteiger charge is -2.19. The normalized spacial score (nSPS) is 10.9. The summed E-state index contributed by atoms with van der Waals surface area (Å²) in [7, 11) is 0. The fourth-order valence-electron chi connectivity index (χ4n) is 1.58. The minimum Gasteiger partial charge on any atom is -0.382 e. The molecule has 0 fully saturated rings. The molecule has 15 heavy (non-hydrogen) atoms. The zero-order chi connectivity index (χ0) is 11.1. The average molecular weight is 208 g/mol. The van der Waals surface area contributed by atoms with E-state index < -0.39 is 0 Å². The molecule has 0 spiro atoms. The summed E-state index contributed by atoms with van der Waals surface area (Å²) in [5.41, 5.74) is 6.48. The van der Waals surface area contributed by atoms with E-state index >= 15 is 0 Å². The molecule has 2 N–H and O–H groups in total. The molecule has 4 heteroatoms. The Morgan fingerprint density at radius 3 is 2.27 bits per heavy atom. The Hall–Kier alpha value is -1.16. The molecule has 1 aromatic heterocycles. The van der Waals surface area contributed by atoms with Crippen molar-refractivity contribution in [2.45, 2.75) is 33.2 Å². The molecule has 0 atom stereocenters. The first-order valence-electron chi connectivity index (χ1n) is 5.55. The maximum atomic E-state index is 5.49. The highest BCUT2D eigenvalue weighted by atomic mass is 15.1. The van der Waals surface area contributed by atoms with Crippen LogP contribution in [0.5, 0.6) is 0 Å². The molecule has 0 aliphatic carbocycles. The summed E-state index contributed by atoms with van der Waals surface area (Å²) >= 11 is 0. The third kappa shape index (κ3) is 4.25. The van der Waals surface area contributed by atoms with Crippen molar-refractivity contribution in [2.24, 2.45) is 0 Å². The lowest BCUT2D eigenvalue weighted by Crippen LogP contribution is -2.25. The van der Waals surface area contributed by atoms with Gasteiger partial charge in [0.25, 0.3) is 0 Å². The second kappa shape index (κ2) is 6.35. The maximum Gasteiger partial charge on any atom is 0.141 e. The van der Waals surface area contributed by atoms with Gasteiger partial charge in [-0.1, -0.05) is 13.8 Å². The van der Waals surface area contributed by atoms with Crippen LogP contribution < -0.4 is 5.73 Å². The van der Waals surface area contributed by atoms with Gasteiger partial charge < -0.3 is 5.73 Å². The summed E-state index contributed by atoms with van der Waals surface area (Å²) in [6.07, 6.45) is 5.71. The summed E-state index contributed by atoms with van der Waals surface area (Å²) in [5, 5.41) is 0. The van der Waals surface area contributed by atoms with Crippen molar-refractivity contribution in [1.29, 1.82) is 0 Å². The first-order valence-corrected chi connectivity index (χ1v) is 5.55. The van der Waals surface area contributed by atoms with E-state index in [0.29, 0.717) is 5.82 Å². The van der Waals surface area contributed by atoms with Crippen LogP contribution >= 0.6 is 0 Å². The van der Waals surface area contributed by atoms with Crippen LogP contribution in [0.4, 0.5) is 5.82 Å². The van der Waals surface area contributed by atoms with Crippen molar-refractivity contribution >= 4 is 5.82 Å². The van der Waals surface area contributed by atoms with Gasteiger partial charge in [0.1, 0.15) is 5.82 Å². The molecule has 1 heterocycles. The first kappa shape index (κ1) is 11.9. The highest BCUT2D eigenvalue weighted by Crippen LogP contribution is 2.03. The molecule has 0 saturated heterocycles. The zero-order valence-corrected chi connectivity index (χ0v) is 9.61. The minimum absolute atomic E-state index is 0.483. The molecule has 1 aromatic rings. The summed E-state index contributed by atoms with van der Waals surface area (Å²) in [4.78, 5) is 10.7. The van der Waals surface area contributed by atoms with E-state index in [4.69, 9.17) is 5.73 Å². The van der Waals surface area contributed by atoms with E-state index in [-0.39, 0.29) is 0 Å². The van der Waals surface area contributed by atoms with E-state index in [9.17, 15) is 0 Å². The lowest BCUT2D eigenvalue weighted by atomic mass is 10.3. The smallest absolute Gasteiger partial charge is 0.141 e. The first-order chi connectivity index (χ1) is 7.26. The van der Waals surface area contributed by atoms with Gasteiger partial charge in [-0.25, -0.2) is 4.98 Å². The van der Waals surface area contributed by atoms with Gasteiger partial charge in [-0.15, -0.1) is 0 Å². The van der Waals surface area contributed by atoms with E-state index in [0.717, 1.165) is 25.3 Å². The average Bonchev–Trinajstić information content (AvgIpc) is 2.22. The third-order valence-corrected chi connectivity index (χ3v) is 2.19. The SMILES string of the molecule is CCCN(CCC)Cc1cnc(N)cn1. The molecule has 1 rings (SSSR count). The Balaban J connectivity index is 2.53. The van der Waals surface area contributed by atoms with Crippen molar-refractivity contribution in [3.8, 4) is 0 Å². The Morgan fingerprint density at radius 2 is 1.80 bits per heavy atom. The molecule has 4 nitrogen and oxygen atoms in total. The Bertz CT molecular complexity index is 264. The van der Waals surface area contributed by atoms with Crippen LogP contribution in [0.25, 0.3) is 0 Å². The predicted octanol–water partition coefficient (Wildman–Crippen LogP) is 1.68. The van der Waals surface area contributed by atoms with E-state index in [1.165, 1.54) is 12.8 Å². The van der Waals surface area contributed by atoms with Crippen molar-refractivity contribution in [2.75, 3.05) is 18.8 Å². The third-order valence-electron chi connectivity index (χ3n) is 2.19. The summed E-state index contributed by atoms with van der Waals surface area (Å²) in [5.74, 6) is 0.483. The maximum absolute atomic E-state index is 5.49. The fraction of sp³-hybridized carbons (Fsp3) is 0.636. The van der Waals surface area contributed by atoms with Crippen LogP contribution in [0.15, 0.2) is 12.4 Å². The van der Waals surface area contributed by atoms with E-state index in [1.807, 2.05) is 0 Å². The highest BCUT2D eigenvalue weighted by molar-refractivity contribution is 5.22. The van der Waals surface area contributed by atoms with Crippen LogP contribution in [0.2, 0.25) is 0 Å². The lowest BCUT2D eigenvalue weighted by molar-refractivity contribution is 0.263. The second-order valence-corrected chi connectivity index (χ2v) is 3.71. The molecule has 0 saturated carbocycles. The van der Waals surface area contributed by atoms with Gasteiger partial charge in [0.05, 0.1) is 18.1 Å². The molecule has 0 aliphatic heterocycles. The molecule has 0 radical (unpaired) electrons. The number of nitrogen functional groups attached to an aromatic ring is 1. The Morgan fingerprint density at radius 1 is 1.13 bits per heavy atom. The largest absolute Gasteiger partial charge is 0.382 e. The van der Waals surface area contributed by atoms with Gasteiger partial charge in [-0.2, -0.15) is 0 Å². The highest BCUT2D eigenvalue weighted by Gasteiger charge is 2.04. The minimum atomic E-state index is 0.483. The second-order valence-electron chi connectivity index (χ2n) is 3.71. The van der Waals surface area contributed by atoms with Crippen molar-refractivity contribution < 1.29 is 0 Å². The van der Waals surface area contributed by atoms with Crippen LogP contribution in [-0.4, -0.2) is 28.0 Å². The van der Waals surface area contributed by atoms with Gasteiger partial charge in [0.15, 0.2) is 0 Å². The molecule has 0 bridgehead atoms. The van der Waals surface area contributed by atoms with Crippen molar-refractivity contribution in [3.05, 3.63) is 18.1 Å². The molecule has 0 amide bonds. The standard InChI is InChI=1S/C11H20N4/c1-3-5-15(6-4-2)9-10-7-14-11(12)8-13-10/h7-8H,3-6,9H2,1-2H3,(H2,12,14). The summed E-state index contributed by atoms with van der Waals surface area (Å²) in [6.45, 7) is 7.48. The van der Waals surface area contributed by atoms with Crippen LogP contribution in [-0.2, 0) is 6.54 Å². The summed E-state index contributed by atoms with van der Waals surface area (Å²) < 4.78 is 0. The van der Waals surface area contributed by atoms with Crippen LogP contribution in [0.3, 0.4) is 0 Å². The molecule has 0 unspecified atom stereocenters. The quantitative estimate of drug-likeness (QED) is 0.772. The van der Waals surface area contributed by atoms with E-state index in [1.54, 1.807) is 12.4 Å². The number of hydrogen-bond donors (Lipinski definition) is 1. The number of nitrogens with zero attached hydrogens (tertiary/aromatic N) is 3. The summed E-state index contributed by atoms with van der Waals surface area (Å²) in [6, 6.07) is 0. The number of aromatic nitrogens is 2. The van der Waals surface area contributed by atoms with Gasteiger partial charge in [-0.05, 0) is 25.9 Å². The van der Waals surface area contributed by atoms with E-state index in [2.05, 4.69) is 28.7 Å². The van der Waals surface area contributed by atoms with Gasteiger partial charge >= 0.3 is 0 Å². The topological polar surface area (TPSA) is 55.0 Å². The molecule has 84 valence electrons. The monoisotopic (exact) mass is 208 g/mol. The van der Waals surface area contributed by atoms with Crippen LogP contribution in [0, 0.1) is 0 Å². The zero-order valence-electron chi connectivity index (χ0n) is 9.61. The fourth-order valence-corrected chi connectivity index (χ4v) is 1.58. The number of rotatable bonds is 6. The van der Waals surface area contributed by atoms with Gasteiger partial charge in [-0.3, -0.25) is 9.88 Å². The molecule has 0 aliphatic rings. The molecule has 0 aromatic carbocycles. The Labute approximate surface area is 91.5 Å². The van der Waals surface area contributed by atoms with Crippen LogP contribution in [0.1, 0.15) is 32.4 Å². The molecular weight excluding hydrogens is 188 g/mol. The predicted molar refractivity (Wildman–Crippen MR) is 62.3 cm³/mol. The van der Waals surface area contributed by atoms with Crippen molar-refractivity contribution in [3.63, 3.8) is 0 Å². The Kier molecular flexibility index (Phi) is 5.04. The number of nitrogens with two attached hydrogens (primary N) is 1. The van der Waals surface area contributed by atoms with Crippen molar-refractivity contribution in [1.82, 2.24) is 14.9 Å². The molecular formula is C11H20N4. The van der Waals surface area contributed by atoms with Gasteiger partial charge in [0.2, 0.25) is 0 Å². The number of anilines is 1. The number of hydrogen-bond acceptors (Lipinski definition) is 4.